The molecule has 1 rings (SSSR count). The van der Waals surface area contributed by atoms with Crippen molar-refractivity contribution in [2.24, 2.45) is 16.8 Å². The Labute approximate surface area is 93.8 Å². The zero-order valence-corrected chi connectivity index (χ0v) is 9.84. The molecule has 0 aliphatic heterocycles. The van der Waals surface area contributed by atoms with E-state index in [1.807, 2.05) is 6.92 Å². The first-order valence-corrected chi connectivity index (χ1v) is 5.74. The molecule has 1 aromatic heterocycles. The Morgan fingerprint density at radius 1 is 1.73 bits per heavy atom. The van der Waals surface area contributed by atoms with E-state index in [1.54, 1.807) is 11.3 Å². The molecule has 0 aliphatic rings. The van der Waals surface area contributed by atoms with Crippen molar-refractivity contribution in [1.29, 1.82) is 0 Å². The molecule has 1 aromatic rings. The molecular weight excluding hydrogens is 210 g/mol. The number of hydrogen-bond acceptors (Lipinski definition) is 4. The van der Waals surface area contributed by atoms with Gasteiger partial charge >= 0.3 is 0 Å². The Morgan fingerprint density at radius 3 is 3.00 bits per heavy atom. The predicted octanol–water partition coefficient (Wildman–Crippen LogP) is 1.53. The van der Waals surface area contributed by atoms with Gasteiger partial charge in [0.25, 0.3) is 0 Å². The second-order valence-electron chi connectivity index (χ2n) is 3.58. The van der Waals surface area contributed by atoms with Crippen LogP contribution in [0.15, 0.2) is 16.6 Å². The first-order chi connectivity index (χ1) is 7.15. The molecular formula is C10H17N3OS. The molecule has 0 saturated heterocycles. The third kappa shape index (κ3) is 3.53. The highest BCUT2D eigenvalue weighted by molar-refractivity contribution is 7.10. The van der Waals surface area contributed by atoms with Crippen molar-refractivity contribution < 1.29 is 5.21 Å². The van der Waals surface area contributed by atoms with Gasteiger partial charge in [0.15, 0.2) is 0 Å². The van der Waals surface area contributed by atoms with E-state index in [-0.39, 0.29) is 11.8 Å². The fourth-order valence-corrected chi connectivity index (χ4v) is 2.07. The summed E-state index contributed by atoms with van der Waals surface area (Å²) < 4.78 is 0. The largest absolute Gasteiger partial charge is 0.409 e. The average Bonchev–Trinajstić information content (AvgIpc) is 2.63. The second kappa shape index (κ2) is 5.72. The zero-order valence-electron chi connectivity index (χ0n) is 9.03. The van der Waals surface area contributed by atoms with Gasteiger partial charge in [0, 0.05) is 23.9 Å². The number of hydrogen-bond donors (Lipinski definition) is 3. The van der Waals surface area contributed by atoms with E-state index in [2.05, 4.69) is 28.8 Å². The van der Waals surface area contributed by atoms with Crippen LogP contribution in [-0.2, 0) is 6.54 Å². The predicted molar refractivity (Wildman–Crippen MR) is 63.3 cm³/mol. The van der Waals surface area contributed by atoms with Crippen molar-refractivity contribution in [3.63, 3.8) is 0 Å². The molecule has 0 aliphatic carbocycles. The van der Waals surface area contributed by atoms with Gasteiger partial charge in [0.05, 0.1) is 0 Å². The summed E-state index contributed by atoms with van der Waals surface area (Å²) >= 11 is 1.74. The maximum absolute atomic E-state index is 8.47. The van der Waals surface area contributed by atoms with Crippen molar-refractivity contribution >= 4 is 17.2 Å². The highest BCUT2D eigenvalue weighted by atomic mass is 32.1. The van der Waals surface area contributed by atoms with Crippen LogP contribution in [0.2, 0.25) is 0 Å². The van der Waals surface area contributed by atoms with Gasteiger partial charge < -0.3 is 16.3 Å². The molecule has 0 amide bonds. The van der Waals surface area contributed by atoms with Crippen LogP contribution in [0.4, 0.5) is 0 Å². The van der Waals surface area contributed by atoms with Crippen LogP contribution >= 0.6 is 11.3 Å². The van der Waals surface area contributed by atoms with Crippen molar-refractivity contribution in [3.05, 3.63) is 21.9 Å². The summed E-state index contributed by atoms with van der Waals surface area (Å²) in [5.74, 6) is 0.320. The first kappa shape index (κ1) is 12.0. The van der Waals surface area contributed by atoms with E-state index in [1.165, 1.54) is 10.4 Å². The van der Waals surface area contributed by atoms with Crippen LogP contribution < -0.4 is 11.1 Å². The maximum atomic E-state index is 8.47. The number of thiophene rings is 1. The number of rotatable bonds is 5. The summed E-state index contributed by atoms with van der Waals surface area (Å²) in [6.45, 7) is 5.57. The fraction of sp³-hybridized carbons (Fsp3) is 0.500. The van der Waals surface area contributed by atoms with Crippen LogP contribution in [0.3, 0.4) is 0 Å². The smallest absolute Gasteiger partial charge is 0.143 e. The van der Waals surface area contributed by atoms with Crippen LogP contribution in [0, 0.1) is 12.8 Å². The third-order valence-corrected chi connectivity index (χ3v) is 3.35. The molecule has 0 aromatic carbocycles. The normalized spacial score (nSPS) is 14.1. The maximum Gasteiger partial charge on any atom is 0.143 e. The van der Waals surface area contributed by atoms with Gasteiger partial charge in [-0.05, 0) is 23.9 Å². The Bertz CT molecular complexity index is 335. The molecule has 0 radical (unpaired) electrons. The molecule has 1 unspecified atom stereocenters. The fourth-order valence-electron chi connectivity index (χ4n) is 1.19. The van der Waals surface area contributed by atoms with Gasteiger partial charge in [0.1, 0.15) is 5.84 Å². The number of nitrogens with two attached hydrogens (primary N) is 1. The number of oxime groups is 1. The number of aryl methyl sites for hydroxylation is 1. The summed E-state index contributed by atoms with van der Waals surface area (Å²) in [5, 5.41) is 16.8. The lowest BCUT2D eigenvalue weighted by Crippen LogP contribution is -2.31. The minimum absolute atomic E-state index is 0.0512. The van der Waals surface area contributed by atoms with Crippen molar-refractivity contribution in [3.8, 4) is 0 Å². The van der Waals surface area contributed by atoms with Crippen molar-refractivity contribution in [2.75, 3.05) is 6.54 Å². The first-order valence-electron chi connectivity index (χ1n) is 4.86. The lowest BCUT2D eigenvalue weighted by molar-refractivity contribution is 0.314. The molecule has 4 nitrogen and oxygen atoms in total. The molecule has 0 saturated carbocycles. The van der Waals surface area contributed by atoms with Crippen molar-refractivity contribution in [1.82, 2.24) is 5.32 Å². The molecule has 15 heavy (non-hydrogen) atoms. The van der Waals surface area contributed by atoms with Crippen LogP contribution in [0.5, 0.6) is 0 Å². The standard InChI is InChI=1S/C10H17N3OS/c1-7-3-4-15-9(7)6-12-5-8(2)10(11)13-14/h3-4,8,12,14H,5-6H2,1-2H3,(H2,11,13). The molecule has 0 fully saturated rings. The minimum Gasteiger partial charge on any atom is -0.409 e. The Kier molecular flexibility index (Phi) is 4.58. The second-order valence-corrected chi connectivity index (χ2v) is 4.58. The van der Waals surface area contributed by atoms with Crippen LogP contribution in [-0.4, -0.2) is 17.6 Å². The van der Waals surface area contributed by atoms with E-state index < -0.39 is 0 Å². The van der Waals surface area contributed by atoms with Gasteiger partial charge in [-0.3, -0.25) is 0 Å². The number of nitrogens with zero attached hydrogens (tertiary/aromatic N) is 1. The Hall–Kier alpha value is -1.07. The van der Waals surface area contributed by atoms with E-state index >= 15 is 0 Å². The van der Waals surface area contributed by atoms with Crippen LogP contribution in [0.25, 0.3) is 0 Å². The Balaban J connectivity index is 2.31. The summed E-state index contributed by atoms with van der Waals surface area (Å²) in [4.78, 5) is 1.33. The SMILES string of the molecule is Cc1ccsc1CNCC(C)C(N)=NO. The third-order valence-electron chi connectivity index (χ3n) is 2.32. The molecule has 4 N–H and O–H groups in total. The van der Waals surface area contributed by atoms with Gasteiger partial charge in [-0.2, -0.15) is 0 Å². The molecule has 1 atom stereocenters. The lowest BCUT2D eigenvalue weighted by atomic mass is 10.1. The summed E-state index contributed by atoms with van der Waals surface area (Å²) in [7, 11) is 0. The summed E-state index contributed by atoms with van der Waals surface area (Å²) in [6, 6.07) is 2.11. The van der Waals surface area contributed by atoms with E-state index in [9.17, 15) is 0 Å². The average molecular weight is 227 g/mol. The molecule has 1 heterocycles. The zero-order chi connectivity index (χ0) is 11.3. The van der Waals surface area contributed by atoms with Gasteiger partial charge in [-0.1, -0.05) is 12.1 Å². The highest BCUT2D eigenvalue weighted by Gasteiger charge is 2.07. The van der Waals surface area contributed by atoms with E-state index in [0.29, 0.717) is 6.54 Å². The summed E-state index contributed by atoms with van der Waals surface area (Å²) in [6.07, 6.45) is 0. The number of amidine groups is 1. The quantitative estimate of drug-likeness (QED) is 0.309. The summed E-state index contributed by atoms with van der Waals surface area (Å²) in [5.41, 5.74) is 6.78. The topological polar surface area (TPSA) is 70.6 Å². The number of nitrogens with one attached hydrogen (secondary N) is 1. The van der Waals surface area contributed by atoms with Gasteiger partial charge in [-0.15, -0.1) is 11.3 Å². The van der Waals surface area contributed by atoms with E-state index in [4.69, 9.17) is 10.9 Å². The molecule has 0 bridgehead atoms. The van der Waals surface area contributed by atoms with Crippen LogP contribution in [0.1, 0.15) is 17.4 Å². The molecule has 84 valence electrons. The Morgan fingerprint density at radius 2 is 2.47 bits per heavy atom. The van der Waals surface area contributed by atoms with E-state index in [0.717, 1.165) is 6.54 Å². The van der Waals surface area contributed by atoms with Gasteiger partial charge in [0.2, 0.25) is 0 Å². The molecule has 5 heteroatoms. The monoisotopic (exact) mass is 227 g/mol. The van der Waals surface area contributed by atoms with Gasteiger partial charge in [-0.25, -0.2) is 0 Å². The van der Waals surface area contributed by atoms with Crippen molar-refractivity contribution in [2.45, 2.75) is 20.4 Å². The molecule has 0 spiro atoms. The highest BCUT2D eigenvalue weighted by Crippen LogP contribution is 2.14. The lowest BCUT2D eigenvalue weighted by Gasteiger charge is -2.10. The minimum atomic E-state index is 0.0512.